The molecule has 2 saturated carbocycles. The maximum atomic E-state index is 11.3. The van der Waals surface area contributed by atoms with Gasteiger partial charge in [0.2, 0.25) is 0 Å². The number of ether oxygens (including phenoxy) is 1. The Balaban J connectivity index is 2.01. The van der Waals surface area contributed by atoms with E-state index in [2.05, 4.69) is 16.9 Å². The minimum Gasteiger partial charge on any atom is -0.478 e. The highest BCUT2D eigenvalue weighted by molar-refractivity contribution is 5.88. The third kappa shape index (κ3) is 2.67. The van der Waals surface area contributed by atoms with Crippen molar-refractivity contribution < 1.29 is 14.6 Å². The highest BCUT2D eigenvalue weighted by atomic mass is 16.5. The molecular formula is C16H22N2O3. The third-order valence-corrected chi connectivity index (χ3v) is 4.77. The third-order valence-electron chi connectivity index (χ3n) is 4.77. The van der Waals surface area contributed by atoms with Gasteiger partial charge in [0.15, 0.2) is 5.82 Å². The summed E-state index contributed by atoms with van der Waals surface area (Å²) in [4.78, 5) is 20.3. The molecule has 0 bridgehead atoms. The number of carbonyl (C=O) groups is 1. The van der Waals surface area contributed by atoms with E-state index in [-0.39, 0.29) is 11.5 Å². The molecule has 5 heteroatoms. The van der Waals surface area contributed by atoms with E-state index in [1.54, 1.807) is 7.11 Å². The van der Waals surface area contributed by atoms with Crippen molar-refractivity contribution in [2.75, 3.05) is 7.11 Å². The second kappa shape index (κ2) is 5.37. The van der Waals surface area contributed by atoms with Crippen LogP contribution in [-0.2, 0) is 10.3 Å². The maximum absolute atomic E-state index is 11.3. The number of hydrogen-bond donors (Lipinski definition) is 1. The van der Waals surface area contributed by atoms with E-state index >= 15 is 0 Å². The molecule has 2 aliphatic carbocycles. The van der Waals surface area contributed by atoms with Crippen LogP contribution in [0.25, 0.3) is 0 Å². The molecule has 1 aromatic heterocycles. The van der Waals surface area contributed by atoms with E-state index in [9.17, 15) is 9.90 Å². The van der Waals surface area contributed by atoms with Gasteiger partial charge in [-0.3, -0.25) is 0 Å². The Labute approximate surface area is 124 Å². The van der Waals surface area contributed by atoms with Gasteiger partial charge in [-0.05, 0) is 38.0 Å². The Hall–Kier alpha value is -1.49. The number of carboxylic acid groups (broad SMARTS) is 1. The van der Waals surface area contributed by atoms with Gasteiger partial charge < -0.3 is 9.84 Å². The van der Waals surface area contributed by atoms with Crippen LogP contribution >= 0.6 is 0 Å². The topological polar surface area (TPSA) is 72.3 Å². The van der Waals surface area contributed by atoms with Crippen LogP contribution in [0.2, 0.25) is 0 Å². The molecule has 1 aromatic rings. The van der Waals surface area contributed by atoms with Gasteiger partial charge in [-0.1, -0.05) is 13.3 Å². The predicted octanol–water partition coefficient (Wildman–Crippen LogP) is 3.10. The lowest BCUT2D eigenvalue weighted by molar-refractivity contribution is -0.0648. The van der Waals surface area contributed by atoms with Crippen LogP contribution in [0.1, 0.15) is 73.2 Å². The summed E-state index contributed by atoms with van der Waals surface area (Å²) in [5.41, 5.74) is 0.497. The average molecular weight is 290 g/mol. The van der Waals surface area contributed by atoms with Crippen LogP contribution in [0.15, 0.2) is 6.20 Å². The van der Waals surface area contributed by atoms with Crippen molar-refractivity contribution in [1.29, 1.82) is 0 Å². The van der Waals surface area contributed by atoms with Gasteiger partial charge in [0.05, 0.1) is 11.3 Å². The number of methoxy groups -OCH3 is 1. The van der Waals surface area contributed by atoms with Crippen LogP contribution in [-0.4, -0.2) is 28.2 Å². The number of aromatic nitrogens is 2. The fourth-order valence-electron chi connectivity index (χ4n) is 3.43. The summed E-state index contributed by atoms with van der Waals surface area (Å²) in [5, 5.41) is 9.30. The predicted molar refractivity (Wildman–Crippen MR) is 77.3 cm³/mol. The van der Waals surface area contributed by atoms with E-state index in [1.165, 1.54) is 12.6 Å². The molecule has 21 heavy (non-hydrogen) atoms. The summed E-state index contributed by atoms with van der Waals surface area (Å²) in [6, 6.07) is 0. The average Bonchev–Trinajstić information content (AvgIpc) is 3.31. The van der Waals surface area contributed by atoms with Gasteiger partial charge in [0.1, 0.15) is 5.60 Å². The highest BCUT2D eigenvalue weighted by Gasteiger charge is 2.41. The van der Waals surface area contributed by atoms with Crippen LogP contribution in [0.4, 0.5) is 0 Å². The number of carboxylic acids is 1. The zero-order valence-electron chi connectivity index (χ0n) is 12.6. The molecule has 0 aliphatic heterocycles. The first-order valence-electron chi connectivity index (χ1n) is 7.71. The minimum atomic E-state index is -0.938. The van der Waals surface area contributed by atoms with Crippen molar-refractivity contribution in [2.45, 2.75) is 57.0 Å². The molecule has 114 valence electrons. The fourth-order valence-corrected chi connectivity index (χ4v) is 3.43. The largest absolute Gasteiger partial charge is 0.478 e. The summed E-state index contributed by atoms with van der Waals surface area (Å²) in [5.74, 6) is 0.592. The van der Waals surface area contributed by atoms with Gasteiger partial charge in [-0.25, -0.2) is 14.8 Å². The number of nitrogens with zero attached hydrogens (tertiary/aromatic N) is 2. The van der Waals surface area contributed by atoms with Crippen molar-refractivity contribution in [3.05, 3.63) is 23.3 Å². The molecule has 3 rings (SSSR count). The SMILES string of the molecule is COC1(c2ncc(C(=O)O)c(C3CC3)n2)CCCC(C)C1. The molecular weight excluding hydrogens is 268 g/mol. The number of hydrogen-bond acceptors (Lipinski definition) is 4. The summed E-state index contributed by atoms with van der Waals surface area (Å²) in [6.45, 7) is 2.22. The lowest BCUT2D eigenvalue weighted by Gasteiger charge is -2.37. The Bertz CT molecular complexity index is 556. The molecule has 0 aromatic carbocycles. The molecule has 0 radical (unpaired) electrons. The quantitative estimate of drug-likeness (QED) is 0.922. The first-order chi connectivity index (χ1) is 10.1. The second-order valence-corrected chi connectivity index (χ2v) is 6.47. The summed E-state index contributed by atoms with van der Waals surface area (Å²) in [6.07, 6.45) is 7.62. The lowest BCUT2D eigenvalue weighted by atomic mass is 9.78. The van der Waals surface area contributed by atoms with Gasteiger partial charge in [0, 0.05) is 19.2 Å². The normalized spacial score (nSPS) is 29.3. The van der Waals surface area contributed by atoms with Gasteiger partial charge >= 0.3 is 5.97 Å². The van der Waals surface area contributed by atoms with Crippen LogP contribution < -0.4 is 0 Å². The molecule has 1 heterocycles. The number of aromatic carboxylic acids is 1. The van der Waals surface area contributed by atoms with E-state index in [1.807, 2.05) is 0 Å². The van der Waals surface area contributed by atoms with Gasteiger partial charge in [-0.15, -0.1) is 0 Å². The highest BCUT2D eigenvalue weighted by Crippen LogP contribution is 2.44. The summed E-state index contributed by atoms with van der Waals surface area (Å²) < 4.78 is 5.82. The van der Waals surface area contributed by atoms with Crippen molar-refractivity contribution in [3.8, 4) is 0 Å². The second-order valence-electron chi connectivity index (χ2n) is 6.47. The van der Waals surface area contributed by atoms with E-state index < -0.39 is 11.6 Å². The minimum absolute atomic E-state index is 0.247. The lowest BCUT2D eigenvalue weighted by Crippen LogP contribution is -2.36. The summed E-state index contributed by atoms with van der Waals surface area (Å²) in [7, 11) is 1.71. The van der Waals surface area contributed by atoms with Crippen molar-refractivity contribution >= 4 is 5.97 Å². The molecule has 2 aliphatic rings. The molecule has 2 unspecified atom stereocenters. The van der Waals surface area contributed by atoms with Crippen molar-refractivity contribution in [3.63, 3.8) is 0 Å². The molecule has 2 fully saturated rings. The Morgan fingerprint density at radius 3 is 2.76 bits per heavy atom. The van der Waals surface area contributed by atoms with Crippen molar-refractivity contribution in [2.24, 2.45) is 5.92 Å². The molecule has 2 atom stereocenters. The van der Waals surface area contributed by atoms with Crippen LogP contribution in [0.3, 0.4) is 0 Å². The maximum Gasteiger partial charge on any atom is 0.339 e. The Morgan fingerprint density at radius 1 is 1.43 bits per heavy atom. The summed E-state index contributed by atoms with van der Waals surface area (Å²) >= 11 is 0. The monoisotopic (exact) mass is 290 g/mol. The van der Waals surface area contributed by atoms with Crippen LogP contribution in [0, 0.1) is 5.92 Å². The smallest absolute Gasteiger partial charge is 0.339 e. The van der Waals surface area contributed by atoms with E-state index in [0.717, 1.165) is 32.1 Å². The standard InChI is InChI=1S/C16H22N2O3/c1-10-4-3-7-16(8-10,21-2)15-17-9-12(14(19)20)13(18-15)11-5-6-11/h9-11H,3-8H2,1-2H3,(H,19,20). The molecule has 1 N–H and O–H groups in total. The number of rotatable bonds is 4. The van der Waals surface area contributed by atoms with E-state index in [0.29, 0.717) is 17.4 Å². The Kier molecular flexibility index (Phi) is 3.69. The molecule has 5 nitrogen and oxygen atoms in total. The van der Waals surface area contributed by atoms with Crippen molar-refractivity contribution in [1.82, 2.24) is 9.97 Å². The zero-order chi connectivity index (χ0) is 15.0. The van der Waals surface area contributed by atoms with Gasteiger partial charge in [0.25, 0.3) is 0 Å². The molecule has 0 saturated heterocycles. The molecule has 0 amide bonds. The first-order valence-corrected chi connectivity index (χ1v) is 7.71. The van der Waals surface area contributed by atoms with E-state index in [4.69, 9.17) is 4.74 Å². The Morgan fingerprint density at radius 2 is 2.19 bits per heavy atom. The fraction of sp³-hybridized carbons (Fsp3) is 0.688. The van der Waals surface area contributed by atoms with Gasteiger partial charge in [-0.2, -0.15) is 0 Å². The molecule has 0 spiro atoms. The van der Waals surface area contributed by atoms with Crippen LogP contribution in [0.5, 0.6) is 0 Å². The first kappa shape index (κ1) is 14.4. The zero-order valence-corrected chi connectivity index (χ0v) is 12.6.